The maximum absolute atomic E-state index is 12.8. The van der Waals surface area contributed by atoms with E-state index in [2.05, 4.69) is 33.0 Å². The number of carbonyl (C=O) groups excluding carboxylic acids is 1. The molecule has 2 aromatic carbocycles. The molecule has 0 aliphatic heterocycles. The second kappa shape index (κ2) is 9.53. The van der Waals surface area contributed by atoms with Gasteiger partial charge in [-0.1, -0.05) is 48.5 Å². The summed E-state index contributed by atoms with van der Waals surface area (Å²) in [5.74, 6) is -1.14. The Hall–Kier alpha value is -3.19. The fraction of sp³-hybridized carbons (Fsp3) is 0.240. The monoisotopic (exact) mass is 494 g/mol. The van der Waals surface area contributed by atoms with E-state index in [9.17, 15) is 14.7 Å². The average molecular weight is 495 g/mol. The first-order valence-corrected chi connectivity index (χ1v) is 11.1. The second-order valence-electron chi connectivity index (χ2n) is 7.82. The quantitative estimate of drug-likeness (QED) is 0.493. The van der Waals surface area contributed by atoms with Gasteiger partial charge in [-0.05, 0) is 62.7 Å². The van der Waals surface area contributed by atoms with Crippen LogP contribution >= 0.6 is 15.9 Å². The Kier molecular flexibility index (Phi) is 6.55. The summed E-state index contributed by atoms with van der Waals surface area (Å²) in [4.78, 5) is 29.9. The van der Waals surface area contributed by atoms with Gasteiger partial charge in [-0.2, -0.15) is 0 Å². The van der Waals surface area contributed by atoms with Crippen molar-refractivity contribution >= 4 is 28.0 Å². The SMILES string of the molecule is CN(C(=O)OCC1c2ccccc2-c2ccccc21)C(CCc1cncc(Br)c1)C(=O)O. The van der Waals surface area contributed by atoms with Crippen molar-refractivity contribution in [2.45, 2.75) is 24.8 Å². The number of benzene rings is 2. The van der Waals surface area contributed by atoms with Crippen molar-refractivity contribution in [2.24, 2.45) is 0 Å². The molecule has 6 nitrogen and oxygen atoms in total. The Morgan fingerprint density at radius 2 is 1.72 bits per heavy atom. The predicted molar refractivity (Wildman–Crippen MR) is 125 cm³/mol. The lowest BCUT2D eigenvalue weighted by Gasteiger charge is -2.25. The van der Waals surface area contributed by atoms with Gasteiger partial charge in [-0.15, -0.1) is 0 Å². The number of amides is 1. The third kappa shape index (κ3) is 4.53. The van der Waals surface area contributed by atoms with Gasteiger partial charge in [0.1, 0.15) is 12.6 Å². The van der Waals surface area contributed by atoms with E-state index in [1.807, 2.05) is 42.5 Å². The third-order valence-corrected chi connectivity index (χ3v) is 6.28. The van der Waals surface area contributed by atoms with Crippen molar-refractivity contribution in [2.75, 3.05) is 13.7 Å². The van der Waals surface area contributed by atoms with Gasteiger partial charge in [-0.25, -0.2) is 9.59 Å². The number of fused-ring (bicyclic) bond motifs is 3. The molecule has 4 rings (SSSR count). The number of hydrogen-bond acceptors (Lipinski definition) is 4. The van der Waals surface area contributed by atoms with Crippen molar-refractivity contribution in [3.8, 4) is 11.1 Å². The van der Waals surface area contributed by atoms with Crippen LogP contribution in [-0.4, -0.2) is 46.7 Å². The maximum atomic E-state index is 12.8. The summed E-state index contributed by atoms with van der Waals surface area (Å²) in [5, 5.41) is 9.69. The minimum Gasteiger partial charge on any atom is -0.480 e. The lowest BCUT2D eigenvalue weighted by molar-refractivity contribution is -0.142. The Bertz CT molecular complexity index is 1100. The molecule has 0 fully saturated rings. The zero-order valence-electron chi connectivity index (χ0n) is 17.6. The highest BCUT2D eigenvalue weighted by atomic mass is 79.9. The first kappa shape index (κ1) is 22.0. The minimum absolute atomic E-state index is 0.0734. The number of halogens is 1. The topological polar surface area (TPSA) is 79.7 Å². The van der Waals surface area contributed by atoms with Crippen LogP contribution in [0, 0.1) is 0 Å². The lowest BCUT2D eigenvalue weighted by atomic mass is 9.98. The average Bonchev–Trinajstić information content (AvgIpc) is 3.11. The van der Waals surface area contributed by atoms with E-state index in [0.29, 0.717) is 6.42 Å². The van der Waals surface area contributed by atoms with Crippen molar-refractivity contribution in [3.05, 3.63) is 88.2 Å². The molecule has 1 atom stereocenters. The van der Waals surface area contributed by atoms with Crippen LogP contribution < -0.4 is 0 Å². The largest absolute Gasteiger partial charge is 0.480 e. The molecule has 1 aliphatic carbocycles. The highest BCUT2D eigenvalue weighted by Gasteiger charge is 2.31. The van der Waals surface area contributed by atoms with Gasteiger partial charge in [-0.3, -0.25) is 9.88 Å². The van der Waals surface area contributed by atoms with Crippen LogP contribution in [0.2, 0.25) is 0 Å². The van der Waals surface area contributed by atoms with Crippen LogP contribution in [-0.2, 0) is 16.0 Å². The van der Waals surface area contributed by atoms with E-state index in [0.717, 1.165) is 32.3 Å². The summed E-state index contributed by atoms with van der Waals surface area (Å²) < 4.78 is 6.43. The Morgan fingerprint density at radius 1 is 1.09 bits per heavy atom. The van der Waals surface area contributed by atoms with Crippen molar-refractivity contribution in [3.63, 3.8) is 0 Å². The van der Waals surface area contributed by atoms with Crippen LogP contribution in [0.5, 0.6) is 0 Å². The molecule has 1 heterocycles. The number of aryl methyl sites for hydroxylation is 1. The number of pyridine rings is 1. The van der Waals surface area contributed by atoms with Gasteiger partial charge in [0.2, 0.25) is 0 Å². The Balaban J connectivity index is 1.43. The highest BCUT2D eigenvalue weighted by molar-refractivity contribution is 9.10. The van der Waals surface area contributed by atoms with Gasteiger partial charge in [0.25, 0.3) is 0 Å². The molecule has 3 aromatic rings. The Labute approximate surface area is 195 Å². The molecule has 0 saturated heterocycles. The highest BCUT2D eigenvalue weighted by Crippen LogP contribution is 2.44. The van der Waals surface area contributed by atoms with Crippen molar-refractivity contribution in [1.82, 2.24) is 9.88 Å². The molecule has 7 heteroatoms. The van der Waals surface area contributed by atoms with Crippen LogP contribution in [0.3, 0.4) is 0 Å². The maximum Gasteiger partial charge on any atom is 0.410 e. The number of likely N-dealkylation sites (N-methyl/N-ethyl adjacent to an activating group) is 1. The fourth-order valence-corrected chi connectivity index (χ4v) is 4.61. The number of aromatic nitrogens is 1. The van der Waals surface area contributed by atoms with Crippen LogP contribution in [0.25, 0.3) is 11.1 Å². The van der Waals surface area contributed by atoms with Crippen molar-refractivity contribution in [1.29, 1.82) is 0 Å². The molecule has 1 aliphatic rings. The molecule has 1 N–H and O–H groups in total. The van der Waals surface area contributed by atoms with Gasteiger partial charge in [0, 0.05) is 29.8 Å². The third-order valence-electron chi connectivity index (χ3n) is 5.84. The summed E-state index contributed by atoms with van der Waals surface area (Å²) in [6.07, 6.45) is 3.45. The van der Waals surface area contributed by atoms with E-state index >= 15 is 0 Å². The number of nitrogens with zero attached hydrogens (tertiary/aromatic N) is 2. The van der Waals surface area contributed by atoms with Crippen molar-refractivity contribution < 1.29 is 19.4 Å². The van der Waals surface area contributed by atoms with E-state index < -0.39 is 18.1 Å². The van der Waals surface area contributed by atoms with Crippen LogP contribution in [0.15, 0.2) is 71.5 Å². The van der Waals surface area contributed by atoms with E-state index in [1.165, 1.54) is 11.9 Å². The van der Waals surface area contributed by atoms with Gasteiger partial charge in [0.15, 0.2) is 0 Å². The molecule has 1 aromatic heterocycles. The van der Waals surface area contributed by atoms with E-state index in [-0.39, 0.29) is 18.9 Å². The summed E-state index contributed by atoms with van der Waals surface area (Å²) in [6, 6.07) is 17.1. The molecule has 0 radical (unpaired) electrons. The normalized spacial score (nSPS) is 13.2. The molecule has 1 amide bonds. The van der Waals surface area contributed by atoms with Gasteiger partial charge in [0.05, 0.1) is 0 Å². The molecule has 1 unspecified atom stereocenters. The molecule has 164 valence electrons. The van der Waals surface area contributed by atoms with E-state index in [1.54, 1.807) is 12.4 Å². The molecule has 32 heavy (non-hydrogen) atoms. The molecule has 0 bridgehead atoms. The number of carboxylic acid groups (broad SMARTS) is 1. The molecular weight excluding hydrogens is 472 g/mol. The number of carboxylic acids is 1. The van der Waals surface area contributed by atoms with Crippen LogP contribution in [0.1, 0.15) is 29.0 Å². The predicted octanol–water partition coefficient (Wildman–Crippen LogP) is 5.11. The number of aliphatic carboxylic acids is 1. The Morgan fingerprint density at radius 3 is 2.31 bits per heavy atom. The fourth-order valence-electron chi connectivity index (χ4n) is 4.20. The van der Waals surface area contributed by atoms with E-state index in [4.69, 9.17) is 4.74 Å². The minimum atomic E-state index is -1.07. The first-order valence-electron chi connectivity index (χ1n) is 10.4. The number of ether oxygens (including phenoxy) is 1. The summed E-state index contributed by atoms with van der Waals surface area (Å²) >= 11 is 3.36. The zero-order valence-corrected chi connectivity index (χ0v) is 19.2. The summed E-state index contributed by atoms with van der Waals surface area (Å²) in [5.41, 5.74) is 5.40. The number of rotatable bonds is 7. The summed E-state index contributed by atoms with van der Waals surface area (Å²) in [7, 11) is 1.47. The van der Waals surface area contributed by atoms with Crippen LogP contribution in [0.4, 0.5) is 4.79 Å². The second-order valence-corrected chi connectivity index (χ2v) is 8.73. The standard InChI is InChI=1S/C25H23BrN2O4/c1-28(23(24(29)30)11-10-16-12-17(26)14-27-13-16)25(31)32-15-22-20-8-4-2-6-18(20)19-7-3-5-9-21(19)22/h2-9,12-14,22-23H,10-11,15H2,1H3,(H,29,30). The molecule has 0 saturated carbocycles. The molecular formula is C25H23BrN2O4. The number of hydrogen-bond donors (Lipinski definition) is 1. The lowest BCUT2D eigenvalue weighted by Crippen LogP contribution is -2.43. The summed E-state index contributed by atoms with van der Waals surface area (Å²) in [6.45, 7) is 0.152. The van der Waals surface area contributed by atoms with Gasteiger partial charge < -0.3 is 9.84 Å². The smallest absolute Gasteiger partial charge is 0.410 e. The first-order chi connectivity index (χ1) is 15.5. The van der Waals surface area contributed by atoms with Gasteiger partial charge >= 0.3 is 12.1 Å². The molecule has 0 spiro atoms. The number of carbonyl (C=O) groups is 2. The zero-order chi connectivity index (χ0) is 22.7.